The predicted octanol–water partition coefficient (Wildman–Crippen LogP) is 3.08. The Kier molecular flexibility index (Phi) is 7.23. The Morgan fingerprint density at radius 1 is 1.05 bits per heavy atom. The molecule has 0 aliphatic heterocycles. The van der Waals surface area contributed by atoms with E-state index in [1.165, 1.54) is 0 Å². The predicted molar refractivity (Wildman–Crippen MR) is 81.4 cm³/mol. The average Bonchev–Trinajstić information content (AvgIpc) is 2.47. The van der Waals surface area contributed by atoms with Gasteiger partial charge < -0.3 is 9.47 Å². The fourth-order valence-electron chi connectivity index (χ4n) is 1.93. The second kappa shape index (κ2) is 8.95. The van der Waals surface area contributed by atoms with Crippen molar-refractivity contribution >= 4 is 18.0 Å². The van der Waals surface area contributed by atoms with Gasteiger partial charge in [0.25, 0.3) is 0 Å². The topological polar surface area (TPSA) is 52.6 Å². The van der Waals surface area contributed by atoms with Gasteiger partial charge in [-0.25, -0.2) is 0 Å². The lowest BCUT2D eigenvalue weighted by atomic mass is 9.93. The maximum atomic E-state index is 12.0. The Labute approximate surface area is 125 Å². The minimum Gasteiger partial charge on any atom is -0.465 e. The van der Waals surface area contributed by atoms with E-state index in [2.05, 4.69) is 0 Å². The molecule has 1 atom stereocenters. The van der Waals surface area contributed by atoms with Crippen molar-refractivity contribution in [2.24, 2.45) is 11.8 Å². The lowest BCUT2D eigenvalue weighted by molar-refractivity contribution is -0.163. The van der Waals surface area contributed by atoms with Crippen LogP contribution in [-0.2, 0) is 19.1 Å². The second-order valence-corrected chi connectivity index (χ2v) is 4.61. The van der Waals surface area contributed by atoms with E-state index in [1.807, 2.05) is 42.5 Å². The molecule has 0 saturated carbocycles. The maximum absolute atomic E-state index is 12.0. The summed E-state index contributed by atoms with van der Waals surface area (Å²) in [5.41, 5.74) is 1.01. The molecule has 0 amide bonds. The van der Waals surface area contributed by atoms with Crippen molar-refractivity contribution in [2.45, 2.75) is 20.8 Å². The van der Waals surface area contributed by atoms with E-state index in [0.717, 1.165) is 5.56 Å². The molecular weight excluding hydrogens is 268 g/mol. The van der Waals surface area contributed by atoms with Crippen LogP contribution in [0, 0.1) is 11.8 Å². The number of rotatable bonds is 7. The van der Waals surface area contributed by atoms with Crippen LogP contribution < -0.4 is 0 Å². The van der Waals surface area contributed by atoms with Gasteiger partial charge in [-0.05, 0) is 25.3 Å². The molecule has 0 bridgehead atoms. The molecule has 1 aromatic rings. The smallest absolute Gasteiger partial charge is 0.320 e. The third-order valence-electron chi connectivity index (χ3n) is 3.00. The highest BCUT2D eigenvalue weighted by molar-refractivity contribution is 5.95. The van der Waals surface area contributed by atoms with E-state index in [9.17, 15) is 9.59 Å². The van der Waals surface area contributed by atoms with Gasteiger partial charge in [0.1, 0.15) is 0 Å². The van der Waals surface area contributed by atoms with E-state index in [0.29, 0.717) is 0 Å². The summed E-state index contributed by atoms with van der Waals surface area (Å²) in [5, 5.41) is 0. The first-order chi connectivity index (χ1) is 10.1. The summed E-state index contributed by atoms with van der Waals surface area (Å²) in [6.07, 6.45) is 3.71. The number of hydrogen-bond donors (Lipinski definition) is 0. The van der Waals surface area contributed by atoms with E-state index >= 15 is 0 Å². The molecule has 0 saturated heterocycles. The highest BCUT2D eigenvalue weighted by Gasteiger charge is 2.33. The van der Waals surface area contributed by atoms with E-state index in [4.69, 9.17) is 9.47 Å². The Morgan fingerprint density at radius 3 is 2.05 bits per heavy atom. The number of carbonyl (C=O) groups is 2. The fourth-order valence-corrected chi connectivity index (χ4v) is 1.93. The highest BCUT2D eigenvalue weighted by Crippen LogP contribution is 2.19. The minimum atomic E-state index is -0.926. The van der Waals surface area contributed by atoms with E-state index < -0.39 is 17.9 Å². The van der Waals surface area contributed by atoms with Gasteiger partial charge in [0.2, 0.25) is 0 Å². The Hall–Kier alpha value is -2.10. The fraction of sp³-hybridized carbons (Fsp3) is 0.412. The molecule has 1 aromatic carbocycles. The van der Waals surface area contributed by atoms with Crippen molar-refractivity contribution in [2.75, 3.05) is 13.2 Å². The molecule has 0 aliphatic carbocycles. The summed E-state index contributed by atoms with van der Waals surface area (Å²) in [7, 11) is 0. The van der Waals surface area contributed by atoms with Crippen LogP contribution in [0.15, 0.2) is 36.4 Å². The molecule has 114 valence electrons. The van der Waals surface area contributed by atoms with Crippen molar-refractivity contribution in [1.82, 2.24) is 0 Å². The summed E-state index contributed by atoms with van der Waals surface area (Å²) in [6, 6.07) is 9.69. The van der Waals surface area contributed by atoms with Crippen molar-refractivity contribution in [3.05, 3.63) is 42.0 Å². The summed E-state index contributed by atoms with van der Waals surface area (Å²) in [5.74, 6) is -2.31. The molecule has 0 N–H and O–H groups in total. The van der Waals surface area contributed by atoms with Gasteiger partial charge in [0, 0.05) is 0 Å². The van der Waals surface area contributed by atoms with Crippen molar-refractivity contribution in [1.29, 1.82) is 0 Å². The summed E-state index contributed by atoms with van der Waals surface area (Å²) >= 11 is 0. The van der Waals surface area contributed by atoms with Crippen molar-refractivity contribution in [3.63, 3.8) is 0 Å². The molecule has 4 nitrogen and oxygen atoms in total. The van der Waals surface area contributed by atoms with Crippen LogP contribution in [0.4, 0.5) is 0 Å². The van der Waals surface area contributed by atoms with Gasteiger partial charge in [-0.3, -0.25) is 9.59 Å². The molecule has 21 heavy (non-hydrogen) atoms. The number of benzene rings is 1. The summed E-state index contributed by atoms with van der Waals surface area (Å²) in [6.45, 7) is 5.71. The molecule has 0 unspecified atom stereocenters. The first-order valence-electron chi connectivity index (χ1n) is 7.16. The van der Waals surface area contributed by atoms with Crippen LogP contribution >= 0.6 is 0 Å². The second-order valence-electron chi connectivity index (χ2n) is 4.61. The number of carbonyl (C=O) groups excluding carboxylic acids is 2. The van der Waals surface area contributed by atoms with Gasteiger partial charge in [0.15, 0.2) is 5.92 Å². The van der Waals surface area contributed by atoms with Crippen LogP contribution in [-0.4, -0.2) is 25.2 Å². The summed E-state index contributed by atoms with van der Waals surface area (Å²) in [4.78, 5) is 23.9. The maximum Gasteiger partial charge on any atom is 0.320 e. The zero-order valence-electron chi connectivity index (χ0n) is 12.7. The standard InChI is InChI=1S/C17H22O4/c1-4-20-16(18)15(17(19)21-5-2)13(3)11-12-14-9-7-6-8-10-14/h6-13,15H,4-5H2,1-3H3/b12-11+/t13-/m1/s1. The Balaban J connectivity index is 2.84. The summed E-state index contributed by atoms with van der Waals surface area (Å²) < 4.78 is 9.94. The highest BCUT2D eigenvalue weighted by atomic mass is 16.6. The average molecular weight is 290 g/mol. The van der Waals surface area contributed by atoms with Gasteiger partial charge in [-0.2, -0.15) is 0 Å². The number of allylic oxidation sites excluding steroid dienone is 1. The van der Waals surface area contributed by atoms with E-state index in [1.54, 1.807) is 20.8 Å². The van der Waals surface area contributed by atoms with Crippen LogP contribution in [0.2, 0.25) is 0 Å². The van der Waals surface area contributed by atoms with Gasteiger partial charge in [-0.1, -0.05) is 49.4 Å². The van der Waals surface area contributed by atoms with Crippen LogP contribution in [0.5, 0.6) is 0 Å². The van der Waals surface area contributed by atoms with E-state index in [-0.39, 0.29) is 19.1 Å². The number of hydrogen-bond acceptors (Lipinski definition) is 4. The normalized spacial score (nSPS) is 12.4. The lowest BCUT2D eigenvalue weighted by Gasteiger charge is -2.18. The first-order valence-corrected chi connectivity index (χ1v) is 7.16. The molecule has 1 rings (SSSR count). The SMILES string of the molecule is CCOC(=O)C(C(=O)OCC)[C@H](C)/C=C/c1ccccc1. The molecule has 0 heterocycles. The number of esters is 2. The molecule has 4 heteroatoms. The van der Waals surface area contributed by atoms with Crippen LogP contribution in [0.1, 0.15) is 26.3 Å². The van der Waals surface area contributed by atoms with Crippen LogP contribution in [0.3, 0.4) is 0 Å². The Morgan fingerprint density at radius 2 is 1.57 bits per heavy atom. The zero-order chi connectivity index (χ0) is 15.7. The molecule has 0 spiro atoms. The lowest BCUT2D eigenvalue weighted by Crippen LogP contribution is -2.32. The monoisotopic (exact) mass is 290 g/mol. The number of ether oxygens (including phenoxy) is 2. The molecular formula is C17H22O4. The zero-order valence-corrected chi connectivity index (χ0v) is 12.7. The quantitative estimate of drug-likeness (QED) is 0.572. The molecule has 0 aliphatic rings. The van der Waals surface area contributed by atoms with Gasteiger partial charge in [-0.15, -0.1) is 0 Å². The van der Waals surface area contributed by atoms with Crippen molar-refractivity contribution < 1.29 is 19.1 Å². The largest absolute Gasteiger partial charge is 0.465 e. The Bertz CT molecular complexity index is 461. The van der Waals surface area contributed by atoms with Gasteiger partial charge in [0.05, 0.1) is 13.2 Å². The first kappa shape index (κ1) is 17.0. The van der Waals surface area contributed by atoms with Crippen LogP contribution in [0.25, 0.3) is 6.08 Å². The molecule has 0 radical (unpaired) electrons. The molecule has 0 aromatic heterocycles. The third-order valence-corrected chi connectivity index (χ3v) is 3.00. The molecule has 0 fully saturated rings. The minimum absolute atomic E-state index is 0.240. The third kappa shape index (κ3) is 5.42. The van der Waals surface area contributed by atoms with Gasteiger partial charge >= 0.3 is 11.9 Å². The van der Waals surface area contributed by atoms with Crippen molar-refractivity contribution in [3.8, 4) is 0 Å².